The van der Waals surface area contributed by atoms with Crippen molar-refractivity contribution < 1.29 is 9.53 Å². The van der Waals surface area contributed by atoms with Crippen LogP contribution in [0.5, 0.6) is 0 Å². The van der Waals surface area contributed by atoms with E-state index in [9.17, 15) is 4.79 Å². The van der Waals surface area contributed by atoms with Gasteiger partial charge in [0, 0.05) is 10.6 Å². The molecule has 3 rings (SSSR count). The van der Waals surface area contributed by atoms with Crippen LogP contribution >= 0.6 is 45.9 Å². The summed E-state index contributed by atoms with van der Waals surface area (Å²) in [7, 11) is 1.31. The largest absolute Gasteiger partial charge is 0.453 e. The predicted octanol–water partition coefficient (Wildman–Crippen LogP) is 5.80. The summed E-state index contributed by atoms with van der Waals surface area (Å²) in [6.45, 7) is 0. The minimum absolute atomic E-state index is 0.495. The van der Waals surface area contributed by atoms with E-state index in [-0.39, 0.29) is 0 Å². The molecule has 0 spiro atoms. The number of thiazole rings is 1. The molecule has 134 valence electrons. The molecule has 1 aromatic carbocycles. The quantitative estimate of drug-likeness (QED) is 0.399. The van der Waals surface area contributed by atoms with Crippen molar-refractivity contribution in [2.45, 2.75) is 0 Å². The molecule has 0 bridgehead atoms. The van der Waals surface area contributed by atoms with Crippen molar-refractivity contribution in [1.29, 1.82) is 0 Å². The number of nitrogens with zero attached hydrogens (tertiary/aromatic N) is 2. The van der Waals surface area contributed by atoms with Crippen LogP contribution in [0.1, 0.15) is 5.56 Å². The van der Waals surface area contributed by atoms with Crippen molar-refractivity contribution in [2.75, 3.05) is 17.9 Å². The van der Waals surface area contributed by atoms with Crippen LogP contribution in [0.4, 0.5) is 14.9 Å². The van der Waals surface area contributed by atoms with Crippen molar-refractivity contribution in [3.63, 3.8) is 0 Å². The third kappa shape index (κ3) is 4.53. The smallest absolute Gasteiger partial charge is 0.412 e. The molecule has 3 aromatic rings. The molecule has 0 radical (unpaired) electrons. The van der Waals surface area contributed by atoms with E-state index in [1.807, 2.05) is 17.5 Å². The van der Waals surface area contributed by atoms with Gasteiger partial charge in [-0.05, 0) is 23.6 Å². The van der Waals surface area contributed by atoms with Crippen molar-refractivity contribution >= 4 is 68.3 Å². The molecule has 0 saturated carbocycles. The Morgan fingerprint density at radius 3 is 2.88 bits per heavy atom. The van der Waals surface area contributed by atoms with Gasteiger partial charge in [-0.25, -0.2) is 9.78 Å². The van der Waals surface area contributed by atoms with E-state index in [0.29, 0.717) is 31.4 Å². The lowest BCUT2D eigenvalue weighted by molar-refractivity contribution is 0.187. The summed E-state index contributed by atoms with van der Waals surface area (Å²) in [6, 6.07) is 8.96. The first-order chi connectivity index (χ1) is 12.6. The van der Waals surface area contributed by atoms with Gasteiger partial charge in [-0.15, -0.1) is 11.3 Å². The molecule has 2 heterocycles. The van der Waals surface area contributed by atoms with E-state index in [1.165, 1.54) is 29.8 Å². The average Bonchev–Trinajstić information content (AvgIpc) is 3.26. The SMILES string of the molecule is COC(=O)Nc1sc(N/N=C\c2ccc(Cl)cc2Cl)nc1-c1cccs1. The lowest BCUT2D eigenvalue weighted by atomic mass is 10.2. The normalized spacial score (nSPS) is 10.9. The fraction of sp³-hybridized carbons (Fsp3) is 0.0625. The topological polar surface area (TPSA) is 75.6 Å². The number of amides is 1. The van der Waals surface area contributed by atoms with Gasteiger partial charge in [-0.2, -0.15) is 5.10 Å². The number of anilines is 2. The molecular formula is C16H12Cl2N4O2S2. The Hall–Kier alpha value is -2.13. The lowest BCUT2D eigenvalue weighted by Crippen LogP contribution is -2.10. The van der Waals surface area contributed by atoms with Crippen LogP contribution in [0.2, 0.25) is 10.0 Å². The van der Waals surface area contributed by atoms with Crippen LogP contribution < -0.4 is 10.7 Å². The van der Waals surface area contributed by atoms with Crippen LogP contribution in [0.15, 0.2) is 40.8 Å². The van der Waals surface area contributed by atoms with Gasteiger partial charge >= 0.3 is 6.09 Å². The number of benzene rings is 1. The molecule has 6 nitrogen and oxygen atoms in total. The van der Waals surface area contributed by atoms with Gasteiger partial charge in [0.05, 0.1) is 23.2 Å². The van der Waals surface area contributed by atoms with Crippen LogP contribution in [-0.2, 0) is 4.74 Å². The molecule has 0 aliphatic rings. The molecule has 0 aliphatic carbocycles. The number of hydrazone groups is 1. The minimum Gasteiger partial charge on any atom is -0.453 e. The van der Waals surface area contributed by atoms with Crippen LogP contribution in [0.3, 0.4) is 0 Å². The molecule has 2 aromatic heterocycles. The number of aromatic nitrogens is 1. The van der Waals surface area contributed by atoms with E-state index in [2.05, 4.69) is 25.6 Å². The van der Waals surface area contributed by atoms with Gasteiger partial charge < -0.3 is 4.74 Å². The Balaban J connectivity index is 1.80. The van der Waals surface area contributed by atoms with E-state index in [0.717, 1.165) is 4.88 Å². The highest BCUT2D eigenvalue weighted by Crippen LogP contribution is 2.38. The van der Waals surface area contributed by atoms with Crippen molar-refractivity contribution in [3.8, 4) is 10.6 Å². The van der Waals surface area contributed by atoms with Gasteiger partial charge in [0.2, 0.25) is 5.13 Å². The van der Waals surface area contributed by atoms with Crippen LogP contribution in [-0.4, -0.2) is 24.4 Å². The second-order valence-electron chi connectivity index (χ2n) is 4.83. The summed E-state index contributed by atoms with van der Waals surface area (Å²) >= 11 is 14.7. The molecule has 10 heteroatoms. The van der Waals surface area contributed by atoms with E-state index in [1.54, 1.807) is 24.4 Å². The van der Waals surface area contributed by atoms with Gasteiger partial charge in [0.15, 0.2) is 0 Å². The summed E-state index contributed by atoms with van der Waals surface area (Å²) < 4.78 is 4.65. The van der Waals surface area contributed by atoms with Crippen molar-refractivity contribution in [3.05, 3.63) is 51.3 Å². The molecule has 0 atom stereocenters. The Morgan fingerprint density at radius 2 is 2.19 bits per heavy atom. The Morgan fingerprint density at radius 1 is 1.35 bits per heavy atom. The van der Waals surface area contributed by atoms with E-state index < -0.39 is 6.09 Å². The summed E-state index contributed by atoms with van der Waals surface area (Å²) in [5.41, 5.74) is 4.21. The van der Waals surface area contributed by atoms with Gasteiger partial charge in [0.25, 0.3) is 0 Å². The summed E-state index contributed by atoms with van der Waals surface area (Å²) in [5, 5.41) is 10.9. The number of hydrogen-bond acceptors (Lipinski definition) is 7. The van der Waals surface area contributed by atoms with Gasteiger partial charge in [-0.1, -0.05) is 46.7 Å². The van der Waals surface area contributed by atoms with Crippen molar-refractivity contribution in [1.82, 2.24) is 4.98 Å². The second kappa shape index (κ2) is 8.50. The number of halogens is 2. The Labute approximate surface area is 167 Å². The van der Waals surface area contributed by atoms with Gasteiger partial charge in [0.1, 0.15) is 10.7 Å². The molecule has 1 amide bonds. The predicted molar refractivity (Wildman–Crippen MR) is 109 cm³/mol. The first kappa shape index (κ1) is 18.7. The number of thiophene rings is 1. The monoisotopic (exact) mass is 426 g/mol. The lowest BCUT2D eigenvalue weighted by Gasteiger charge is -2.01. The minimum atomic E-state index is -0.561. The van der Waals surface area contributed by atoms with Crippen molar-refractivity contribution in [2.24, 2.45) is 5.10 Å². The zero-order valence-electron chi connectivity index (χ0n) is 13.3. The molecular weight excluding hydrogens is 415 g/mol. The number of carbonyl (C=O) groups is 1. The van der Waals surface area contributed by atoms with E-state index >= 15 is 0 Å². The van der Waals surface area contributed by atoms with Crippen LogP contribution in [0.25, 0.3) is 10.6 Å². The highest BCUT2D eigenvalue weighted by Gasteiger charge is 2.16. The second-order valence-corrected chi connectivity index (χ2v) is 7.62. The molecule has 0 saturated heterocycles. The third-order valence-electron chi connectivity index (χ3n) is 3.11. The third-order valence-corrected chi connectivity index (χ3v) is 5.42. The fourth-order valence-corrected chi connectivity index (χ4v) is 4.00. The molecule has 0 unspecified atom stereocenters. The standard InChI is InChI=1S/C16H12Cl2N4O2S2/c1-24-16(23)21-14-13(12-3-2-6-25-12)20-15(26-14)22-19-8-9-4-5-10(17)7-11(9)18/h2-8H,1H3,(H,20,22)(H,21,23)/b19-8-. The highest BCUT2D eigenvalue weighted by molar-refractivity contribution is 7.21. The Bertz CT molecular complexity index is 942. The van der Waals surface area contributed by atoms with Crippen LogP contribution in [0, 0.1) is 0 Å². The molecule has 26 heavy (non-hydrogen) atoms. The van der Waals surface area contributed by atoms with E-state index in [4.69, 9.17) is 23.2 Å². The first-order valence-electron chi connectivity index (χ1n) is 7.20. The number of carbonyl (C=O) groups excluding carboxylic acids is 1. The summed E-state index contributed by atoms with van der Waals surface area (Å²) in [6.07, 6.45) is 1.01. The number of hydrogen-bond donors (Lipinski definition) is 2. The zero-order chi connectivity index (χ0) is 18.5. The molecule has 2 N–H and O–H groups in total. The maximum atomic E-state index is 11.5. The number of rotatable bonds is 5. The highest BCUT2D eigenvalue weighted by atomic mass is 35.5. The maximum absolute atomic E-state index is 11.5. The zero-order valence-corrected chi connectivity index (χ0v) is 16.5. The maximum Gasteiger partial charge on any atom is 0.412 e. The summed E-state index contributed by atoms with van der Waals surface area (Å²) in [4.78, 5) is 17.0. The first-order valence-corrected chi connectivity index (χ1v) is 9.66. The number of methoxy groups -OCH3 is 1. The molecule has 0 fully saturated rings. The number of ether oxygens (including phenoxy) is 1. The number of nitrogens with one attached hydrogen (secondary N) is 2. The summed E-state index contributed by atoms with van der Waals surface area (Å²) in [5.74, 6) is 0. The Kier molecular flexibility index (Phi) is 6.10. The average molecular weight is 427 g/mol. The van der Waals surface area contributed by atoms with Gasteiger partial charge in [-0.3, -0.25) is 10.7 Å². The molecule has 0 aliphatic heterocycles. The fourth-order valence-electron chi connectivity index (χ4n) is 1.94.